The Labute approximate surface area is 89.8 Å². The van der Waals surface area contributed by atoms with Crippen molar-refractivity contribution in [3.05, 3.63) is 12.2 Å². The van der Waals surface area contributed by atoms with Crippen LogP contribution in [0.2, 0.25) is 0 Å². The molecule has 0 aliphatic heterocycles. The zero-order valence-corrected chi connectivity index (χ0v) is 9.19. The molecule has 2 amide bonds. The molecule has 0 atom stereocenters. The molecule has 0 bridgehead atoms. The van der Waals surface area contributed by atoms with Crippen molar-refractivity contribution in [2.24, 2.45) is 0 Å². The van der Waals surface area contributed by atoms with Gasteiger partial charge in [-0.1, -0.05) is 25.5 Å². The highest BCUT2D eigenvalue weighted by Crippen LogP contribution is 1.93. The molecule has 0 aromatic heterocycles. The molecule has 0 aliphatic rings. The number of unbranched alkanes of at least 4 members (excludes halogenated alkanes) is 1. The maximum Gasteiger partial charge on any atom is 0.408 e. The zero-order valence-electron chi connectivity index (χ0n) is 9.19. The predicted octanol–water partition coefficient (Wildman–Crippen LogP) is 1.07. The minimum absolute atomic E-state index is 0.123. The predicted molar refractivity (Wildman–Crippen MR) is 57.7 cm³/mol. The van der Waals surface area contributed by atoms with Gasteiger partial charge in [-0.25, -0.2) is 4.79 Å². The highest BCUT2D eigenvalue weighted by molar-refractivity contribution is 5.81. The van der Waals surface area contributed by atoms with Crippen LogP contribution in [0.15, 0.2) is 12.2 Å². The molecule has 0 heterocycles. The number of amides is 2. The molecule has 0 fully saturated rings. The third kappa shape index (κ3) is 6.54. The minimum Gasteiger partial charge on any atom is -0.465 e. The van der Waals surface area contributed by atoms with Gasteiger partial charge in [-0.2, -0.15) is 0 Å². The summed E-state index contributed by atoms with van der Waals surface area (Å²) in [6.07, 6.45) is 4.55. The lowest BCUT2D eigenvalue weighted by Gasteiger charge is -2.15. The van der Waals surface area contributed by atoms with Gasteiger partial charge in [-0.15, -0.1) is 0 Å². The van der Waals surface area contributed by atoms with E-state index in [4.69, 9.17) is 5.11 Å². The first-order valence-electron chi connectivity index (χ1n) is 4.95. The van der Waals surface area contributed by atoms with E-state index >= 15 is 0 Å². The van der Waals surface area contributed by atoms with Crippen molar-refractivity contribution >= 4 is 12.0 Å². The molecule has 0 rings (SSSR count). The number of nitrogens with one attached hydrogen (secondary N) is 1. The number of rotatable bonds is 6. The van der Waals surface area contributed by atoms with Crippen LogP contribution in [0, 0.1) is 0 Å². The van der Waals surface area contributed by atoms with E-state index in [1.54, 1.807) is 6.08 Å². The lowest BCUT2D eigenvalue weighted by atomic mass is 10.3. The fourth-order valence-corrected chi connectivity index (χ4v) is 0.949. The smallest absolute Gasteiger partial charge is 0.408 e. The van der Waals surface area contributed by atoms with E-state index in [2.05, 4.69) is 5.32 Å². The number of hydrogen-bond acceptors (Lipinski definition) is 2. The van der Waals surface area contributed by atoms with Gasteiger partial charge in [0.2, 0.25) is 5.91 Å². The average Bonchev–Trinajstić information content (AvgIpc) is 2.21. The Balaban J connectivity index is 4.05. The van der Waals surface area contributed by atoms with E-state index in [9.17, 15) is 9.59 Å². The van der Waals surface area contributed by atoms with E-state index in [1.807, 2.05) is 13.0 Å². The number of allylic oxidation sites excluding steroid dienone is 1. The molecular weight excluding hydrogens is 196 g/mol. The molecule has 2 N–H and O–H groups in total. The van der Waals surface area contributed by atoms with Crippen molar-refractivity contribution in [1.29, 1.82) is 0 Å². The minimum atomic E-state index is -1.08. The van der Waals surface area contributed by atoms with Gasteiger partial charge in [0.05, 0.1) is 0 Å². The van der Waals surface area contributed by atoms with Crippen LogP contribution in [0.4, 0.5) is 4.79 Å². The van der Waals surface area contributed by atoms with Crippen LogP contribution in [0.25, 0.3) is 0 Å². The Hall–Kier alpha value is -1.52. The maximum absolute atomic E-state index is 11.0. The molecule has 0 aromatic carbocycles. The first-order chi connectivity index (χ1) is 7.11. The molecular formula is C10H18N2O3. The van der Waals surface area contributed by atoms with Crippen molar-refractivity contribution in [2.45, 2.75) is 19.8 Å². The van der Waals surface area contributed by atoms with Crippen LogP contribution in [-0.4, -0.2) is 42.1 Å². The van der Waals surface area contributed by atoms with Crippen molar-refractivity contribution in [1.82, 2.24) is 10.2 Å². The summed E-state index contributed by atoms with van der Waals surface area (Å²) in [5.41, 5.74) is 0. The molecule has 0 saturated heterocycles. The molecule has 0 unspecified atom stereocenters. The second kappa shape index (κ2) is 7.84. The van der Waals surface area contributed by atoms with E-state index < -0.39 is 6.09 Å². The van der Waals surface area contributed by atoms with Crippen molar-refractivity contribution in [2.75, 3.05) is 20.1 Å². The zero-order chi connectivity index (χ0) is 11.7. The van der Waals surface area contributed by atoms with Crippen LogP contribution in [-0.2, 0) is 4.79 Å². The molecule has 15 heavy (non-hydrogen) atoms. The molecule has 0 saturated carbocycles. The SMILES string of the molecule is CCCC=CCN(CC(=O)NC)C(=O)O. The summed E-state index contributed by atoms with van der Waals surface area (Å²) in [7, 11) is 1.48. The molecule has 0 aliphatic carbocycles. The van der Waals surface area contributed by atoms with E-state index in [-0.39, 0.29) is 19.0 Å². The van der Waals surface area contributed by atoms with Gasteiger partial charge in [0.15, 0.2) is 0 Å². The summed E-state index contributed by atoms with van der Waals surface area (Å²) in [6.45, 7) is 2.18. The Morgan fingerprint density at radius 3 is 2.53 bits per heavy atom. The number of carboxylic acid groups (broad SMARTS) is 1. The van der Waals surface area contributed by atoms with Crippen molar-refractivity contribution in [3.63, 3.8) is 0 Å². The van der Waals surface area contributed by atoms with Gasteiger partial charge in [0.1, 0.15) is 6.54 Å². The highest BCUT2D eigenvalue weighted by atomic mass is 16.4. The summed E-state index contributed by atoms with van der Waals surface area (Å²) < 4.78 is 0. The van der Waals surface area contributed by atoms with Gasteiger partial charge in [0.25, 0.3) is 0 Å². The molecule has 5 heteroatoms. The summed E-state index contributed by atoms with van der Waals surface area (Å²) in [4.78, 5) is 22.8. The Bertz CT molecular complexity index is 239. The van der Waals surface area contributed by atoms with Crippen molar-refractivity contribution in [3.8, 4) is 0 Å². The summed E-state index contributed by atoms with van der Waals surface area (Å²) in [6, 6.07) is 0. The normalized spacial score (nSPS) is 10.3. The molecule has 0 radical (unpaired) electrons. The average molecular weight is 214 g/mol. The molecule has 0 aromatic rings. The van der Waals surface area contributed by atoms with Crippen molar-refractivity contribution < 1.29 is 14.7 Å². The summed E-state index contributed by atoms with van der Waals surface area (Å²) in [5.74, 6) is -0.304. The Morgan fingerprint density at radius 1 is 1.40 bits per heavy atom. The van der Waals surface area contributed by atoms with Crippen LogP contribution in [0.3, 0.4) is 0 Å². The maximum atomic E-state index is 11.0. The number of nitrogens with zero attached hydrogens (tertiary/aromatic N) is 1. The first-order valence-corrected chi connectivity index (χ1v) is 4.95. The van der Waals surface area contributed by atoms with Crippen LogP contribution >= 0.6 is 0 Å². The number of hydrogen-bond donors (Lipinski definition) is 2. The quantitative estimate of drug-likeness (QED) is 0.650. The van der Waals surface area contributed by atoms with Crippen LogP contribution < -0.4 is 5.32 Å². The third-order valence-electron chi connectivity index (χ3n) is 1.83. The van der Waals surface area contributed by atoms with E-state index in [0.29, 0.717) is 0 Å². The Morgan fingerprint density at radius 2 is 2.07 bits per heavy atom. The molecule has 0 spiro atoms. The van der Waals surface area contributed by atoms with E-state index in [0.717, 1.165) is 17.7 Å². The summed E-state index contributed by atoms with van der Waals surface area (Å²) >= 11 is 0. The lowest BCUT2D eigenvalue weighted by molar-refractivity contribution is -0.121. The third-order valence-corrected chi connectivity index (χ3v) is 1.83. The van der Waals surface area contributed by atoms with Gasteiger partial charge in [-0.3, -0.25) is 9.69 Å². The fraction of sp³-hybridized carbons (Fsp3) is 0.600. The van der Waals surface area contributed by atoms with Gasteiger partial charge < -0.3 is 10.4 Å². The second-order valence-electron chi connectivity index (χ2n) is 3.10. The monoisotopic (exact) mass is 214 g/mol. The number of carbonyl (C=O) groups is 2. The highest BCUT2D eigenvalue weighted by Gasteiger charge is 2.12. The van der Waals surface area contributed by atoms with Crippen LogP contribution in [0.1, 0.15) is 19.8 Å². The summed E-state index contributed by atoms with van der Waals surface area (Å²) in [5, 5.41) is 11.2. The van der Waals surface area contributed by atoms with Gasteiger partial charge >= 0.3 is 6.09 Å². The topological polar surface area (TPSA) is 69.6 Å². The Kier molecular flexibility index (Phi) is 7.05. The largest absolute Gasteiger partial charge is 0.465 e. The van der Waals surface area contributed by atoms with E-state index in [1.165, 1.54) is 7.05 Å². The van der Waals surface area contributed by atoms with Gasteiger partial charge in [0, 0.05) is 13.6 Å². The first kappa shape index (κ1) is 13.5. The molecule has 5 nitrogen and oxygen atoms in total. The number of carbonyl (C=O) groups excluding carboxylic acids is 1. The van der Waals surface area contributed by atoms with Gasteiger partial charge in [-0.05, 0) is 6.42 Å². The second-order valence-corrected chi connectivity index (χ2v) is 3.10. The molecule has 86 valence electrons. The lowest BCUT2D eigenvalue weighted by Crippen LogP contribution is -2.38. The fourth-order valence-electron chi connectivity index (χ4n) is 0.949. The standard InChI is InChI=1S/C10H18N2O3/c1-3-4-5-6-7-12(10(14)15)8-9(13)11-2/h5-6H,3-4,7-8H2,1-2H3,(H,11,13)(H,14,15). The number of likely N-dealkylation sites (N-methyl/N-ethyl adjacent to an activating group) is 1. The van der Waals surface area contributed by atoms with Crippen LogP contribution in [0.5, 0.6) is 0 Å².